The van der Waals surface area contributed by atoms with E-state index in [1.54, 1.807) is 0 Å². The van der Waals surface area contributed by atoms with E-state index in [4.69, 9.17) is 15.3 Å². The molecule has 2 fully saturated rings. The Labute approximate surface area is 190 Å². The van der Waals surface area contributed by atoms with Crippen LogP contribution in [0.5, 0.6) is 5.88 Å². The Kier molecular flexibility index (Phi) is 7.12. The minimum Gasteiger partial charge on any atom is -0.477 e. The van der Waals surface area contributed by atoms with Crippen molar-refractivity contribution in [2.24, 2.45) is 17.6 Å². The molecule has 1 saturated heterocycles. The monoisotopic (exact) mass is 460 g/mol. The van der Waals surface area contributed by atoms with Gasteiger partial charge in [-0.3, -0.25) is 14.4 Å². The highest BCUT2D eigenvalue weighted by Gasteiger charge is 2.36. The van der Waals surface area contributed by atoms with Gasteiger partial charge < -0.3 is 10.5 Å². The summed E-state index contributed by atoms with van der Waals surface area (Å²) in [6.07, 6.45) is 5.59. The van der Waals surface area contributed by atoms with Gasteiger partial charge in [0.25, 0.3) is 5.91 Å². The first-order valence-corrected chi connectivity index (χ1v) is 11.1. The molecule has 1 aliphatic carbocycles. The first-order valence-electron chi connectivity index (χ1n) is 11.1. The van der Waals surface area contributed by atoms with Crippen LogP contribution >= 0.6 is 0 Å². The molecule has 0 spiro atoms. The highest BCUT2D eigenvalue weighted by molar-refractivity contribution is 5.90. The van der Waals surface area contributed by atoms with Crippen LogP contribution in [0.3, 0.4) is 0 Å². The van der Waals surface area contributed by atoms with E-state index in [0.717, 1.165) is 25.3 Å². The predicted molar refractivity (Wildman–Crippen MR) is 113 cm³/mol. The number of benzene rings is 1. The molecule has 0 unspecified atom stereocenters. The van der Waals surface area contributed by atoms with E-state index in [9.17, 15) is 18.4 Å². The Morgan fingerprint density at radius 3 is 2.61 bits per heavy atom. The fraction of sp³-hybridized carbons (Fsp3) is 0.478. The summed E-state index contributed by atoms with van der Waals surface area (Å²) in [4.78, 5) is 37.8. The molecule has 0 bridgehead atoms. The highest BCUT2D eigenvalue weighted by Crippen LogP contribution is 2.36. The predicted octanol–water partition coefficient (Wildman–Crippen LogP) is 3.33. The first-order chi connectivity index (χ1) is 15.9. The molecule has 10 heteroatoms. The number of hydroxylamine groups is 2. The molecule has 2 aromatic rings. The maximum absolute atomic E-state index is 13.7. The molecule has 8 nitrogen and oxygen atoms in total. The molecule has 1 saturated carbocycles. The van der Waals surface area contributed by atoms with Crippen LogP contribution in [0.15, 0.2) is 30.6 Å². The number of nitrogens with zero attached hydrogens (tertiary/aromatic N) is 3. The van der Waals surface area contributed by atoms with Crippen LogP contribution in [0, 0.1) is 23.5 Å². The quantitative estimate of drug-likeness (QED) is 0.663. The number of ether oxygens (including phenoxy) is 1. The number of halogens is 2. The van der Waals surface area contributed by atoms with Gasteiger partial charge in [-0.1, -0.05) is 6.42 Å². The van der Waals surface area contributed by atoms with Crippen molar-refractivity contribution < 1.29 is 27.9 Å². The SMILES string of the molecule is NC(=O)c1cc(OC[C@H]2CCC[C@@H](C(=O)N3OCC[C@H]3c3cc(F)cc(F)c3)CC2)ncn1. The van der Waals surface area contributed by atoms with E-state index in [2.05, 4.69) is 9.97 Å². The Morgan fingerprint density at radius 1 is 1.06 bits per heavy atom. The molecule has 33 heavy (non-hydrogen) atoms. The molecule has 2 aliphatic rings. The molecular formula is C23H26F2N4O4. The molecule has 176 valence electrons. The molecule has 1 aliphatic heterocycles. The maximum atomic E-state index is 13.7. The lowest BCUT2D eigenvalue weighted by atomic mass is 9.96. The summed E-state index contributed by atoms with van der Waals surface area (Å²) < 4.78 is 33.1. The second-order valence-corrected chi connectivity index (χ2v) is 8.49. The van der Waals surface area contributed by atoms with Gasteiger partial charge in [-0.15, -0.1) is 0 Å². The molecule has 1 aromatic carbocycles. The van der Waals surface area contributed by atoms with E-state index < -0.39 is 23.6 Å². The maximum Gasteiger partial charge on any atom is 0.267 e. The number of carbonyl (C=O) groups is 2. The van der Waals surface area contributed by atoms with E-state index in [1.165, 1.54) is 29.6 Å². The lowest BCUT2D eigenvalue weighted by Gasteiger charge is -2.27. The number of aromatic nitrogens is 2. The zero-order chi connectivity index (χ0) is 23.4. The van der Waals surface area contributed by atoms with E-state index in [1.807, 2.05) is 0 Å². The number of amides is 2. The number of primary amides is 1. The van der Waals surface area contributed by atoms with Gasteiger partial charge in [-0.2, -0.15) is 0 Å². The number of nitrogens with two attached hydrogens (primary N) is 1. The van der Waals surface area contributed by atoms with Crippen LogP contribution in [0.1, 0.15) is 60.6 Å². The van der Waals surface area contributed by atoms with E-state index in [0.29, 0.717) is 38.0 Å². The summed E-state index contributed by atoms with van der Waals surface area (Å²) >= 11 is 0. The second-order valence-electron chi connectivity index (χ2n) is 8.49. The third-order valence-corrected chi connectivity index (χ3v) is 6.19. The standard InChI is InChI=1S/C23H26F2N4O4/c24-17-8-16(9-18(25)10-17)20-6-7-33-29(20)23(31)15-3-1-2-14(4-5-15)12-32-21-11-19(22(26)30)27-13-28-21/h8-11,13-15,20H,1-7,12H2,(H2,26,30)/t14-,15+,20-/m0/s1. The Balaban J connectivity index is 1.34. The topological polar surface area (TPSA) is 108 Å². The molecule has 0 radical (unpaired) electrons. The Hall–Kier alpha value is -3.14. The van der Waals surface area contributed by atoms with Crippen molar-refractivity contribution in [2.45, 2.75) is 44.6 Å². The molecule has 4 rings (SSSR count). The Morgan fingerprint density at radius 2 is 1.85 bits per heavy atom. The summed E-state index contributed by atoms with van der Waals surface area (Å²) in [7, 11) is 0. The zero-order valence-corrected chi connectivity index (χ0v) is 18.1. The molecule has 2 heterocycles. The van der Waals surface area contributed by atoms with Gasteiger partial charge in [0.15, 0.2) is 0 Å². The average molecular weight is 460 g/mol. The lowest BCUT2D eigenvalue weighted by Crippen LogP contribution is -2.35. The van der Waals surface area contributed by atoms with Crippen molar-refractivity contribution in [3.8, 4) is 5.88 Å². The minimum atomic E-state index is -0.673. The van der Waals surface area contributed by atoms with Crippen LogP contribution in [-0.4, -0.2) is 40.1 Å². The van der Waals surface area contributed by atoms with Crippen molar-refractivity contribution in [1.29, 1.82) is 0 Å². The van der Waals surface area contributed by atoms with Crippen molar-refractivity contribution in [3.63, 3.8) is 0 Å². The van der Waals surface area contributed by atoms with Crippen molar-refractivity contribution in [1.82, 2.24) is 15.0 Å². The molecule has 3 atom stereocenters. The van der Waals surface area contributed by atoms with Gasteiger partial charge in [0.05, 0.1) is 19.3 Å². The average Bonchev–Trinajstić information content (AvgIpc) is 3.16. The molecule has 2 amide bonds. The summed E-state index contributed by atoms with van der Waals surface area (Å²) in [5, 5.41) is 1.31. The smallest absolute Gasteiger partial charge is 0.267 e. The lowest BCUT2D eigenvalue weighted by molar-refractivity contribution is -0.182. The van der Waals surface area contributed by atoms with Crippen molar-refractivity contribution in [3.05, 3.63) is 53.5 Å². The third kappa shape index (κ3) is 5.62. The largest absolute Gasteiger partial charge is 0.477 e. The van der Waals surface area contributed by atoms with Gasteiger partial charge >= 0.3 is 0 Å². The van der Waals surface area contributed by atoms with Crippen LogP contribution in [0.25, 0.3) is 0 Å². The van der Waals surface area contributed by atoms with Gasteiger partial charge in [0.2, 0.25) is 11.8 Å². The van der Waals surface area contributed by atoms with Gasteiger partial charge in [-0.05, 0) is 49.3 Å². The number of hydrogen-bond donors (Lipinski definition) is 1. The number of rotatable bonds is 6. The number of carbonyl (C=O) groups excluding carboxylic acids is 2. The fourth-order valence-corrected chi connectivity index (χ4v) is 4.49. The van der Waals surface area contributed by atoms with Gasteiger partial charge in [-0.25, -0.2) is 23.8 Å². The Bertz CT molecular complexity index is 1000. The van der Waals surface area contributed by atoms with E-state index >= 15 is 0 Å². The van der Waals surface area contributed by atoms with Crippen molar-refractivity contribution in [2.75, 3.05) is 13.2 Å². The summed E-state index contributed by atoms with van der Waals surface area (Å²) in [5.74, 6) is -1.86. The van der Waals surface area contributed by atoms with Crippen LogP contribution < -0.4 is 10.5 Å². The highest BCUT2D eigenvalue weighted by atomic mass is 19.1. The normalized spacial score (nSPS) is 23.2. The molecule has 1 aromatic heterocycles. The van der Waals surface area contributed by atoms with Crippen LogP contribution in [-0.2, 0) is 9.63 Å². The van der Waals surface area contributed by atoms with Gasteiger partial charge in [0.1, 0.15) is 23.7 Å². The van der Waals surface area contributed by atoms with Crippen LogP contribution in [0.2, 0.25) is 0 Å². The van der Waals surface area contributed by atoms with Crippen molar-refractivity contribution >= 4 is 11.8 Å². The molecular weight excluding hydrogens is 434 g/mol. The van der Waals surface area contributed by atoms with Crippen LogP contribution in [0.4, 0.5) is 8.78 Å². The minimum absolute atomic E-state index is 0.0878. The number of hydrogen-bond acceptors (Lipinski definition) is 6. The summed E-state index contributed by atoms with van der Waals surface area (Å²) in [6.45, 7) is 0.728. The zero-order valence-electron chi connectivity index (χ0n) is 18.1. The second kappa shape index (κ2) is 10.2. The molecule has 2 N–H and O–H groups in total. The van der Waals surface area contributed by atoms with Gasteiger partial charge in [0, 0.05) is 24.5 Å². The summed E-state index contributed by atoms with van der Waals surface area (Å²) in [6, 6.07) is 4.22. The summed E-state index contributed by atoms with van der Waals surface area (Å²) in [5.41, 5.74) is 5.72. The van der Waals surface area contributed by atoms with E-state index in [-0.39, 0.29) is 29.3 Å². The first kappa shape index (κ1) is 23.0. The fourth-order valence-electron chi connectivity index (χ4n) is 4.49. The third-order valence-electron chi connectivity index (χ3n) is 6.19.